The zero-order valence-corrected chi connectivity index (χ0v) is 12.3. The van der Waals surface area contributed by atoms with Gasteiger partial charge in [0.05, 0.1) is 6.04 Å². The van der Waals surface area contributed by atoms with Crippen LogP contribution in [0, 0.1) is 0 Å². The van der Waals surface area contributed by atoms with Gasteiger partial charge in [0.1, 0.15) is 0 Å². The van der Waals surface area contributed by atoms with Crippen LogP contribution in [-0.4, -0.2) is 31.7 Å². The van der Waals surface area contributed by atoms with Crippen LogP contribution in [0.15, 0.2) is 30.3 Å². The smallest absolute Gasteiger partial charge is 0.237 e. The minimum absolute atomic E-state index is 0. The number of amides is 1. The van der Waals surface area contributed by atoms with Crippen molar-refractivity contribution in [1.29, 1.82) is 0 Å². The van der Waals surface area contributed by atoms with E-state index in [2.05, 4.69) is 5.32 Å². The summed E-state index contributed by atoms with van der Waals surface area (Å²) in [5.74, 6) is -0.109. The highest BCUT2D eigenvalue weighted by Crippen LogP contribution is 2.02. The maximum absolute atomic E-state index is 11.8. The van der Waals surface area contributed by atoms with Gasteiger partial charge in [-0.3, -0.25) is 4.79 Å². The Morgan fingerprint density at radius 2 is 2.00 bits per heavy atom. The topological polar surface area (TPSA) is 64.3 Å². The van der Waals surface area contributed by atoms with Gasteiger partial charge in [0, 0.05) is 19.8 Å². The van der Waals surface area contributed by atoms with Gasteiger partial charge in [-0.05, 0) is 25.3 Å². The minimum atomic E-state index is -0.502. The van der Waals surface area contributed by atoms with Crippen LogP contribution in [0.1, 0.15) is 18.9 Å². The first kappa shape index (κ1) is 17.9. The fraction of sp³-hybridized carbons (Fsp3) is 0.500. The quantitative estimate of drug-likeness (QED) is 0.799. The molecule has 1 unspecified atom stereocenters. The molecular formula is C14H23ClN2O2. The predicted molar refractivity (Wildman–Crippen MR) is 79.5 cm³/mol. The molecule has 0 saturated heterocycles. The molecule has 0 bridgehead atoms. The number of carbonyl (C=O) groups is 1. The number of hydrogen-bond acceptors (Lipinski definition) is 3. The monoisotopic (exact) mass is 286 g/mol. The Morgan fingerprint density at radius 3 is 2.58 bits per heavy atom. The average molecular weight is 287 g/mol. The molecule has 0 aliphatic carbocycles. The molecule has 0 fully saturated rings. The van der Waals surface area contributed by atoms with Crippen LogP contribution in [-0.2, 0) is 16.0 Å². The first-order valence-electron chi connectivity index (χ1n) is 6.22. The molecule has 19 heavy (non-hydrogen) atoms. The van der Waals surface area contributed by atoms with Gasteiger partial charge in [-0.2, -0.15) is 0 Å². The van der Waals surface area contributed by atoms with Crippen molar-refractivity contribution in [3.05, 3.63) is 35.9 Å². The molecule has 0 spiro atoms. The second kappa shape index (κ2) is 9.78. The van der Waals surface area contributed by atoms with Gasteiger partial charge in [0.15, 0.2) is 0 Å². The average Bonchev–Trinajstić information content (AvgIpc) is 2.37. The fourth-order valence-electron chi connectivity index (χ4n) is 1.68. The molecule has 5 heteroatoms. The first-order chi connectivity index (χ1) is 8.63. The Morgan fingerprint density at radius 1 is 1.37 bits per heavy atom. The number of benzene rings is 1. The molecule has 1 aromatic carbocycles. The van der Waals surface area contributed by atoms with E-state index in [1.807, 2.05) is 37.3 Å². The van der Waals surface area contributed by atoms with Crippen molar-refractivity contribution in [3.8, 4) is 0 Å². The van der Waals surface area contributed by atoms with Crippen molar-refractivity contribution in [2.24, 2.45) is 5.73 Å². The zero-order chi connectivity index (χ0) is 13.4. The lowest BCUT2D eigenvalue weighted by molar-refractivity contribution is -0.123. The van der Waals surface area contributed by atoms with Gasteiger partial charge >= 0.3 is 0 Å². The molecule has 0 saturated carbocycles. The number of nitrogens with two attached hydrogens (primary N) is 1. The SMILES string of the molecule is COCCC(C)NC(=O)[C@@H](N)Cc1ccccc1.Cl. The molecule has 108 valence electrons. The highest BCUT2D eigenvalue weighted by molar-refractivity contribution is 5.85. The van der Waals surface area contributed by atoms with Crippen molar-refractivity contribution < 1.29 is 9.53 Å². The van der Waals surface area contributed by atoms with Crippen LogP contribution in [0.5, 0.6) is 0 Å². The van der Waals surface area contributed by atoms with E-state index >= 15 is 0 Å². The lowest BCUT2D eigenvalue weighted by atomic mass is 10.1. The van der Waals surface area contributed by atoms with E-state index in [0.29, 0.717) is 13.0 Å². The lowest BCUT2D eigenvalue weighted by Crippen LogP contribution is -2.45. The molecule has 1 amide bonds. The zero-order valence-electron chi connectivity index (χ0n) is 11.5. The fourth-order valence-corrected chi connectivity index (χ4v) is 1.68. The van der Waals surface area contributed by atoms with E-state index in [9.17, 15) is 4.79 Å². The molecule has 4 nitrogen and oxygen atoms in total. The van der Waals surface area contributed by atoms with E-state index in [1.165, 1.54) is 0 Å². The van der Waals surface area contributed by atoms with Gasteiger partial charge in [-0.1, -0.05) is 30.3 Å². The van der Waals surface area contributed by atoms with Gasteiger partial charge < -0.3 is 15.8 Å². The summed E-state index contributed by atoms with van der Waals surface area (Å²) in [5, 5.41) is 2.89. The molecular weight excluding hydrogens is 264 g/mol. The van der Waals surface area contributed by atoms with E-state index in [1.54, 1.807) is 7.11 Å². The summed E-state index contributed by atoms with van der Waals surface area (Å²) in [5.41, 5.74) is 6.96. The van der Waals surface area contributed by atoms with E-state index in [4.69, 9.17) is 10.5 Å². The third-order valence-corrected chi connectivity index (χ3v) is 2.78. The largest absolute Gasteiger partial charge is 0.385 e. The second-order valence-corrected chi connectivity index (χ2v) is 4.49. The summed E-state index contributed by atoms with van der Waals surface area (Å²) in [6.45, 7) is 2.58. The number of carbonyl (C=O) groups excluding carboxylic acids is 1. The Bertz CT molecular complexity index is 360. The maximum atomic E-state index is 11.8. The first-order valence-corrected chi connectivity index (χ1v) is 6.22. The lowest BCUT2D eigenvalue weighted by Gasteiger charge is -2.17. The molecule has 1 rings (SSSR count). The Balaban J connectivity index is 0.00000324. The Labute approximate surface area is 121 Å². The van der Waals surface area contributed by atoms with E-state index in [0.717, 1.165) is 12.0 Å². The number of ether oxygens (including phenoxy) is 1. The van der Waals surface area contributed by atoms with Gasteiger partial charge in [-0.25, -0.2) is 0 Å². The molecule has 3 N–H and O–H groups in total. The summed E-state index contributed by atoms with van der Waals surface area (Å²) in [7, 11) is 1.65. The summed E-state index contributed by atoms with van der Waals surface area (Å²) in [6, 6.07) is 9.37. The van der Waals surface area contributed by atoms with Crippen LogP contribution in [0.3, 0.4) is 0 Å². The highest BCUT2D eigenvalue weighted by Gasteiger charge is 2.15. The molecule has 0 aliphatic heterocycles. The Kier molecular flexibility index (Phi) is 9.21. The predicted octanol–water partition coefficient (Wildman–Crippen LogP) is 1.52. The number of rotatable bonds is 7. The molecule has 0 aromatic heterocycles. The molecule has 0 heterocycles. The maximum Gasteiger partial charge on any atom is 0.237 e. The van der Waals surface area contributed by atoms with Crippen molar-refractivity contribution in [2.75, 3.05) is 13.7 Å². The van der Waals surface area contributed by atoms with Crippen LogP contribution in [0.25, 0.3) is 0 Å². The van der Waals surface area contributed by atoms with Crippen molar-refractivity contribution in [1.82, 2.24) is 5.32 Å². The van der Waals surface area contributed by atoms with E-state index < -0.39 is 6.04 Å². The number of nitrogens with one attached hydrogen (secondary N) is 1. The molecule has 2 atom stereocenters. The van der Waals surface area contributed by atoms with Gasteiger partial charge in [-0.15, -0.1) is 12.4 Å². The summed E-state index contributed by atoms with van der Waals surface area (Å²) >= 11 is 0. The molecule has 1 aromatic rings. The molecule has 0 radical (unpaired) electrons. The molecule has 0 aliphatic rings. The highest BCUT2D eigenvalue weighted by atomic mass is 35.5. The third kappa shape index (κ3) is 7.15. The second-order valence-electron chi connectivity index (χ2n) is 4.49. The van der Waals surface area contributed by atoms with Crippen molar-refractivity contribution >= 4 is 18.3 Å². The summed E-state index contributed by atoms with van der Waals surface area (Å²) in [6.07, 6.45) is 1.35. The number of methoxy groups -OCH3 is 1. The van der Waals surface area contributed by atoms with Crippen molar-refractivity contribution in [2.45, 2.75) is 31.8 Å². The Hall–Kier alpha value is -1.10. The van der Waals surface area contributed by atoms with Crippen molar-refractivity contribution in [3.63, 3.8) is 0 Å². The third-order valence-electron chi connectivity index (χ3n) is 2.78. The van der Waals surface area contributed by atoms with E-state index in [-0.39, 0.29) is 24.4 Å². The van der Waals surface area contributed by atoms with Gasteiger partial charge in [0.2, 0.25) is 5.91 Å². The van der Waals surface area contributed by atoms with Crippen LogP contribution in [0.4, 0.5) is 0 Å². The van der Waals surface area contributed by atoms with Gasteiger partial charge in [0.25, 0.3) is 0 Å². The minimum Gasteiger partial charge on any atom is -0.385 e. The summed E-state index contributed by atoms with van der Waals surface area (Å²) < 4.78 is 4.97. The summed E-state index contributed by atoms with van der Waals surface area (Å²) in [4.78, 5) is 11.8. The van der Waals surface area contributed by atoms with Crippen LogP contribution >= 0.6 is 12.4 Å². The normalized spacial score (nSPS) is 13.2. The van der Waals surface area contributed by atoms with Crippen LogP contribution < -0.4 is 11.1 Å². The number of halogens is 1. The standard InChI is InChI=1S/C14H22N2O2.ClH/c1-11(8-9-18-2)16-14(17)13(15)10-12-6-4-3-5-7-12;/h3-7,11,13H,8-10,15H2,1-2H3,(H,16,17);1H/t11?,13-;/m0./s1. The van der Waals surface area contributed by atoms with Crippen LogP contribution in [0.2, 0.25) is 0 Å². The number of hydrogen-bond donors (Lipinski definition) is 2.